The molecule has 0 bridgehead atoms. The lowest BCUT2D eigenvalue weighted by molar-refractivity contribution is 1.28. The van der Waals surface area contributed by atoms with Crippen LogP contribution in [0.3, 0.4) is 0 Å². The Bertz CT molecular complexity index is 2660. The van der Waals surface area contributed by atoms with E-state index in [1.807, 2.05) is 12.1 Å². The summed E-state index contributed by atoms with van der Waals surface area (Å²) in [4.78, 5) is 14.4. The van der Waals surface area contributed by atoms with Crippen LogP contribution in [0.4, 0.5) is 34.1 Å². The van der Waals surface area contributed by atoms with E-state index in [1.165, 1.54) is 9.40 Å². The lowest BCUT2D eigenvalue weighted by Gasteiger charge is -2.26. The molecule has 0 amide bonds. The average molecular weight is 755 g/mol. The maximum Gasteiger partial charge on any atom is 0.124 e. The SMILES string of the molecule is c1ccc(N(c2ccccc2)c2ccc(-c3ccc(N(c4ccc(-c5nc6ccccc6s5)cc4)c4ccc(-c5nc6ccccc6s5)cc4)cc3)cc2)cc1. The van der Waals surface area contributed by atoms with Gasteiger partial charge < -0.3 is 9.80 Å². The van der Waals surface area contributed by atoms with Gasteiger partial charge in [0.25, 0.3) is 0 Å². The number of anilines is 6. The van der Waals surface area contributed by atoms with Gasteiger partial charge in [-0.1, -0.05) is 84.9 Å². The van der Waals surface area contributed by atoms with E-state index in [1.54, 1.807) is 22.7 Å². The Balaban J connectivity index is 0.977. The van der Waals surface area contributed by atoms with Crippen molar-refractivity contribution in [1.29, 1.82) is 0 Å². The highest BCUT2D eigenvalue weighted by molar-refractivity contribution is 7.22. The number of hydrogen-bond donors (Lipinski definition) is 0. The predicted molar refractivity (Wildman–Crippen MR) is 238 cm³/mol. The van der Waals surface area contributed by atoms with Gasteiger partial charge >= 0.3 is 0 Å². The van der Waals surface area contributed by atoms with Gasteiger partial charge in [0.1, 0.15) is 10.0 Å². The summed E-state index contributed by atoms with van der Waals surface area (Å²) in [7, 11) is 0. The van der Waals surface area contributed by atoms with Crippen LogP contribution >= 0.6 is 22.7 Å². The molecule has 0 unspecified atom stereocenters. The van der Waals surface area contributed by atoms with Crippen molar-refractivity contribution in [2.75, 3.05) is 9.80 Å². The smallest absolute Gasteiger partial charge is 0.124 e. The topological polar surface area (TPSA) is 32.3 Å². The van der Waals surface area contributed by atoms with Gasteiger partial charge in [-0.3, -0.25) is 0 Å². The number of para-hydroxylation sites is 4. The fraction of sp³-hybridized carbons (Fsp3) is 0. The van der Waals surface area contributed by atoms with Crippen molar-refractivity contribution in [2.45, 2.75) is 0 Å². The minimum atomic E-state index is 1.02. The van der Waals surface area contributed by atoms with Crippen molar-refractivity contribution in [3.63, 3.8) is 0 Å². The van der Waals surface area contributed by atoms with Crippen LogP contribution in [-0.4, -0.2) is 9.97 Å². The minimum Gasteiger partial charge on any atom is -0.311 e. The number of aromatic nitrogens is 2. The van der Waals surface area contributed by atoms with Gasteiger partial charge in [-0.15, -0.1) is 22.7 Å². The quantitative estimate of drug-likeness (QED) is 0.147. The highest BCUT2D eigenvalue weighted by atomic mass is 32.1. The van der Waals surface area contributed by atoms with Gasteiger partial charge in [0.15, 0.2) is 0 Å². The van der Waals surface area contributed by atoms with Gasteiger partial charge in [-0.05, 0) is 132 Å². The van der Waals surface area contributed by atoms with E-state index in [4.69, 9.17) is 9.97 Å². The van der Waals surface area contributed by atoms with Crippen LogP contribution in [0.25, 0.3) is 52.7 Å². The number of thiazole rings is 2. The molecular weight excluding hydrogens is 721 g/mol. The Kier molecular flexibility index (Phi) is 8.88. The van der Waals surface area contributed by atoms with Crippen LogP contribution in [0.2, 0.25) is 0 Å². The molecule has 4 nitrogen and oxygen atoms in total. The molecule has 266 valence electrons. The van der Waals surface area contributed by atoms with E-state index < -0.39 is 0 Å². The summed E-state index contributed by atoms with van der Waals surface area (Å²) in [6, 6.07) is 72.9. The molecular formula is C50H34N4S2. The second kappa shape index (κ2) is 14.8. The molecule has 0 saturated carbocycles. The Morgan fingerprint density at radius 2 is 0.554 bits per heavy atom. The summed E-state index contributed by atoms with van der Waals surface area (Å²) in [6.07, 6.45) is 0. The minimum absolute atomic E-state index is 1.02. The Labute approximate surface area is 333 Å². The van der Waals surface area contributed by atoms with E-state index in [0.29, 0.717) is 0 Å². The maximum absolute atomic E-state index is 4.91. The van der Waals surface area contributed by atoms with Gasteiger partial charge in [-0.2, -0.15) is 0 Å². The fourth-order valence-electron chi connectivity index (χ4n) is 7.15. The summed E-state index contributed by atoms with van der Waals surface area (Å²) in [6.45, 7) is 0. The van der Waals surface area contributed by atoms with Crippen molar-refractivity contribution in [1.82, 2.24) is 9.97 Å². The molecule has 0 saturated heterocycles. The van der Waals surface area contributed by atoms with Crippen LogP contribution in [0.15, 0.2) is 206 Å². The third-order valence-corrected chi connectivity index (χ3v) is 12.1. The Morgan fingerprint density at radius 3 is 0.893 bits per heavy atom. The molecule has 0 N–H and O–H groups in total. The lowest BCUT2D eigenvalue weighted by Crippen LogP contribution is -2.10. The molecule has 0 fully saturated rings. The number of hydrogen-bond acceptors (Lipinski definition) is 6. The molecule has 10 rings (SSSR count). The monoisotopic (exact) mass is 754 g/mol. The molecule has 0 aliphatic carbocycles. The highest BCUT2D eigenvalue weighted by Gasteiger charge is 2.16. The molecule has 2 aromatic heterocycles. The first-order valence-electron chi connectivity index (χ1n) is 18.6. The molecule has 6 heteroatoms. The van der Waals surface area contributed by atoms with Crippen molar-refractivity contribution in [2.24, 2.45) is 0 Å². The average Bonchev–Trinajstić information content (AvgIpc) is 3.91. The second-order valence-electron chi connectivity index (χ2n) is 13.5. The number of fused-ring (bicyclic) bond motifs is 2. The predicted octanol–water partition coefficient (Wildman–Crippen LogP) is 14.8. The van der Waals surface area contributed by atoms with Crippen molar-refractivity contribution in [3.05, 3.63) is 206 Å². The van der Waals surface area contributed by atoms with Crippen LogP contribution in [0.5, 0.6) is 0 Å². The summed E-state index contributed by atoms with van der Waals surface area (Å²) < 4.78 is 2.39. The first-order chi connectivity index (χ1) is 27.7. The summed E-state index contributed by atoms with van der Waals surface area (Å²) in [5, 5.41) is 2.05. The van der Waals surface area contributed by atoms with Crippen molar-refractivity contribution < 1.29 is 0 Å². The zero-order valence-electron chi connectivity index (χ0n) is 30.2. The third-order valence-electron chi connectivity index (χ3n) is 9.95. The molecule has 2 heterocycles. The molecule has 0 aliphatic rings. The number of nitrogens with zero attached hydrogens (tertiary/aromatic N) is 4. The summed E-state index contributed by atoms with van der Waals surface area (Å²) in [5.74, 6) is 0. The third kappa shape index (κ3) is 6.62. The fourth-order valence-corrected chi connectivity index (χ4v) is 9.09. The van der Waals surface area contributed by atoms with Gasteiger partial charge in [-0.25, -0.2) is 9.97 Å². The molecule has 56 heavy (non-hydrogen) atoms. The maximum atomic E-state index is 4.91. The molecule has 8 aromatic carbocycles. The van der Waals surface area contributed by atoms with Gasteiger partial charge in [0.2, 0.25) is 0 Å². The summed E-state index contributed by atoms with van der Waals surface area (Å²) in [5.41, 5.74) is 13.2. The number of rotatable bonds is 9. The van der Waals surface area contributed by atoms with Crippen LogP contribution in [-0.2, 0) is 0 Å². The lowest BCUT2D eigenvalue weighted by atomic mass is 10.0. The second-order valence-corrected chi connectivity index (χ2v) is 15.6. The zero-order valence-corrected chi connectivity index (χ0v) is 31.9. The molecule has 10 aromatic rings. The first-order valence-corrected chi connectivity index (χ1v) is 20.2. The Hall–Kier alpha value is -6.86. The van der Waals surface area contributed by atoms with Gasteiger partial charge in [0.05, 0.1) is 20.4 Å². The van der Waals surface area contributed by atoms with Crippen LogP contribution in [0, 0.1) is 0 Å². The Morgan fingerprint density at radius 1 is 0.268 bits per heavy atom. The highest BCUT2D eigenvalue weighted by Crippen LogP contribution is 2.40. The zero-order chi connectivity index (χ0) is 37.3. The molecule has 0 radical (unpaired) electrons. The van der Waals surface area contributed by atoms with E-state index >= 15 is 0 Å². The van der Waals surface area contributed by atoms with Gasteiger partial charge in [0, 0.05) is 45.3 Å². The standard InChI is InChI=1S/C50H34N4S2/c1-3-11-39(12-4-1)53(40-13-5-2-6-14-40)41-27-19-35(20-28-41)36-21-29-42(30-22-36)54(43-31-23-37(24-32-43)49-51-45-15-7-9-17-47(45)55-49)44-33-25-38(26-34-44)50-52-46-16-8-10-18-48(46)56-50/h1-34H. The molecule has 0 atom stereocenters. The number of benzene rings is 8. The first kappa shape index (κ1) is 33.7. The van der Waals surface area contributed by atoms with E-state index in [0.717, 1.165) is 77.4 Å². The largest absolute Gasteiger partial charge is 0.311 e. The van der Waals surface area contributed by atoms with Crippen molar-refractivity contribution in [3.8, 4) is 32.3 Å². The normalized spacial score (nSPS) is 11.2. The van der Waals surface area contributed by atoms with Crippen LogP contribution < -0.4 is 9.80 Å². The molecule has 0 aliphatic heterocycles. The van der Waals surface area contributed by atoms with Crippen LogP contribution in [0.1, 0.15) is 0 Å². The van der Waals surface area contributed by atoms with E-state index in [9.17, 15) is 0 Å². The summed E-state index contributed by atoms with van der Waals surface area (Å²) >= 11 is 3.45. The molecule has 0 spiro atoms. The van der Waals surface area contributed by atoms with Crippen molar-refractivity contribution >= 4 is 77.2 Å². The van der Waals surface area contributed by atoms with E-state index in [-0.39, 0.29) is 0 Å². The van der Waals surface area contributed by atoms with E-state index in [2.05, 4.69) is 204 Å².